The fourth-order valence-electron chi connectivity index (χ4n) is 8.37. The van der Waals surface area contributed by atoms with Crippen LogP contribution in [0, 0.1) is 0 Å². The molecule has 10 aromatic rings. The van der Waals surface area contributed by atoms with Gasteiger partial charge in [-0.3, -0.25) is 0 Å². The lowest BCUT2D eigenvalue weighted by molar-refractivity contribution is 1.30. The van der Waals surface area contributed by atoms with E-state index in [1.807, 2.05) is 0 Å². The summed E-state index contributed by atoms with van der Waals surface area (Å²) in [5.74, 6) is 0. The van der Waals surface area contributed by atoms with E-state index in [0.717, 1.165) is 17.1 Å². The van der Waals surface area contributed by atoms with Gasteiger partial charge in [0.2, 0.25) is 0 Å². The Morgan fingerprint density at radius 1 is 0.228 bits per heavy atom. The summed E-state index contributed by atoms with van der Waals surface area (Å²) in [6.45, 7) is 0. The predicted octanol–water partition coefficient (Wildman–Crippen LogP) is 15.8. The first-order chi connectivity index (χ1) is 28.3. The Balaban J connectivity index is 1.15. The first-order valence-corrected chi connectivity index (χ1v) is 19.6. The van der Waals surface area contributed by atoms with Gasteiger partial charge in [-0.05, 0) is 90.5 Å². The second-order valence-electron chi connectivity index (χ2n) is 14.5. The zero-order valence-corrected chi connectivity index (χ0v) is 31.5. The Morgan fingerprint density at radius 2 is 0.649 bits per heavy atom. The molecule has 0 heterocycles. The maximum Gasteiger partial charge on any atom is 0.0546 e. The van der Waals surface area contributed by atoms with Gasteiger partial charge in [0.1, 0.15) is 0 Å². The Bertz CT molecular complexity index is 2970. The number of rotatable bonds is 8. The van der Waals surface area contributed by atoms with E-state index in [1.54, 1.807) is 0 Å². The van der Waals surface area contributed by atoms with Crippen molar-refractivity contribution in [2.24, 2.45) is 0 Å². The standard InChI is InChI=1S/C56H39N/c1-3-16-42(17-4-1)50-25-11-12-27-53(50)56-52(45-18-5-2-6-19-45)29-15-31-55(56)57(54-30-14-23-44-21-8-10-26-51(44)54)47-38-36-41(37-39-47)40-32-34-46(35-33-40)49-28-13-22-43-20-7-9-24-48(43)49/h1-39H. The first kappa shape index (κ1) is 34.0. The quantitative estimate of drug-likeness (QED) is 0.151. The average molecular weight is 726 g/mol. The molecule has 10 aromatic carbocycles. The van der Waals surface area contributed by atoms with Crippen LogP contribution in [0.3, 0.4) is 0 Å². The minimum absolute atomic E-state index is 1.09. The molecule has 0 aromatic heterocycles. The minimum Gasteiger partial charge on any atom is -0.309 e. The molecular formula is C56H39N. The largest absolute Gasteiger partial charge is 0.309 e. The monoisotopic (exact) mass is 725 g/mol. The predicted molar refractivity (Wildman–Crippen MR) is 243 cm³/mol. The van der Waals surface area contributed by atoms with Gasteiger partial charge in [0.15, 0.2) is 0 Å². The van der Waals surface area contributed by atoms with Crippen LogP contribution in [-0.4, -0.2) is 0 Å². The number of benzene rings is 10. The maximum absolute atomic E-state index is 2.46. The van der Waals surface area contributed by atoms with E-state index in [0.29, 0.717) is 0 Å². The smallest absolute Gasteiger partial charge is 0.0546 e. The molecule has 1 heteroatoms. The van der Waals surface area contributed by atoms with Crippen LogP contribution in [0.1, 0.15) is 0 Å². The van der Waals surface area contributed by atoms with Crippen molar-refractivity contribution in [2.45, 2.75) is 0 Å². The molecule has 0 aliphatic heterocycles. The molecule has 0 saturated heterocycles. The van der Waals surface area contributed by atoms with Crippen molar-refractivity contribution >= 4 is 38.6 Å². The van der Waals surface area contributed by atoms with Gasteiger partial charge in [-0.25, -0.2) is 0 Å². The molecule has 0 fully saturated rings. The van der Waals surface area contributed by atoms with Crippen LogP contribution >= 0.6 is 0 Å². The third kappa shape index (κ3) is 6.46. The maximum atomic E-state index is 2.46. The molecule has 0 unspecified atom stereocenters. The SMILES string of the molecule is c1ccc(-c2ccccc2-c2c(-c3ccccc3)cccc2N(c2ccc(-c3ccc(-c4cccc5ccccc45)cc3)cc2)c2cccc3ccccc23)cc1. The van der Waals surface area contributed by atoms with Gasteiger partial charge in [0, 0.05) is 16.6 Å². The van der Waals surface area contributed by atoms with Crippen LogP contribution in [0.25, 0.3) is 77.2 Å². The zero-order valence-electron chi connectivity index (χ0n) is 31.5. The highest BCUT2D eigenvalue weighted by Crippen LogP contribution is 2.49. The third-order valence-electron chi connectivity index (χ3n) is 11.1. The van der Waals surface area contributed by atoms with Gasteiger partial charge in [-0.1, -0.05) is 212 Å². The lowest BCUT2D eigenvalue weighted by Gasteiger charge is -2.31. The van der Waals surface area contributed by atoms with E-state index in [9.17, 15) is 0 Å². The summed E-state index contributed by atoms with van der Waals surface area (Å²) in [5.41, 5.74) is 15.3. The first-order valence-electron chi connectivity index (χ1n) is 19.6. The molecule has 57 heavy (non-hydrogen) atoms. The molecule has 10 rings (SSSR count). The number of hydrogen-bond acceptors (Lipinski definition) is 1. The molecule has 0 bridgehead atoms. The van der Waals surface area contributed by atoms with Crippen molar-refractivity contribution < 1.29 is 0 Å². The normalized spacial score (nSPS) is 11.2. The Morgan fingerprint density at radius 3 is 1.35 bits per heavy atom. The van der Waals surface area contributed by atoms with Crippen LogP contribution in [0.15, 0.2) is 237 Å². The molecular weight excluding hydrogens is 687 g/mol. The molecule has 0 saturated carbocycles. The van der Waals surface area contributed by atoms with Crippen molar-refractivity contribution in [3.05, 3.63) is 237 Å². The fourth-order valence-corrected chi connectivity index (χ4v) is 8.37. The number of anilines is 3. The van der Waals surface area contributed by atoms with Gasteiger partial charge < -0.3 is 4.90 Å². The van der Waals surface area contributed by atoms with Gasteiger partial charge in [-0.15, -0.1) is 0 Å². The molecule has 0 aliphatic carbocycles. The second-order valence-corrected chi connectivity index (χ2v) is 14.5. The van der Waals surface area contributed by atoms with E-state index in [4.69, 9.17) is 0 Å². The van der Waals surface area contributed by atoms with Gasteiger partial charge in [0.25, 0.3) is 0 Å². The highest BCUT2D eigenvalue weighted by atomic mass is 15.1. The number of nitrogens with zero attached hydrogens (tertiary/aromatic N) is 1. The van der Waals surface area contributed by atoms with E-state index in [1.165, 1.54) is 77.2 Å². The van der Waals surface area contributed by atoms with Crippen molar-refractivity contribution in [1.82, 2.24) is 0 Å². The topological polar surface area (TPSA) is 3.24 Å². The third-order valence-corrected chi connectivity index (χ3v) is 11.1. The van der Waals surface area contributed by atoms with Crippen LogP contribution in [0.4, 0.5) is 17.1 Å². The van der Waals surface area contributed by atoms with Crippen LogP contribution in [0.5, 0.6) is 0 Å². The summed E-state index contributed by atoms with van der Waals surface area (Å²) in [6.07, 6.45) is 0. The van der Waals surface area contributed by atoms with E-state index < -0.39 is 0 Å². The molecule has 268 valence electrons. The van der Waals surface area contributed by atoms with E-state index >= 15 is 0 Å². The summed E-state index contributed by atoms with van der Waals surface area (Å²) in [4.78, 5) is 2.46. The summed E-state index contributed by atoms with van der Waals surface area (Å²) in [5, 5.41) is 4.92. The Kier molecular flexibility index (Phi) is 8.95. The van der Waals surface area contributed by atoms with Crippen LogP contribution in [0.2, 0.25) is 0 Å². The van der Waals surface area contributed by atoms with Crippen molar-refractivity contribution in [3.63, 3.8) is 0 Å². The zero-order chi connectivity index (χ0) is 38.0. The van der Waals surface area contributed by atoms with Gasteiger partial charge in [-0.2, -0.15) is 0 Å². The fraction of sp³-hybridized carbons (Fsp3) is 0. The molecule has 0 aliphatic rings. The van der Waals surface area contributed by atoms with Crippen molar-refractivity contribution in [2.75, 3.05) is 4.90 Å². The van der Waals surface area contributed by atoms with Crippen molar-refractivity contribution in [3.8, 4) is 55.6 Å². The van der Waals surface area contributed by atoms with Gasteiger partial charge >= 0.3 is 0 Å². The summed E-state index contributed by atoms with van der Waals surface area (Å²) in [7, 11) is 0. The summed E-state index contributed by atoms with van der Waals surface area (Å²) in [6, 6.07) is 85.7. The minimum atomic E-state index is 1.09. The molecule has 0 amide bonds. The summed E-state index contributed by atoms with van der Waals surface area (Å²) >= 11 is 0. The lowest BCUT2D eigenvalue weighted by Crippen LogP contribution is -2.12. The van der Waals surface area contributed by atoms with Crippen molar-refractivity contribution in [1.29, 1.82) is 0 Å². The van der Waals surface area contributed by atoms with Crippen LogP contribution in [-0.2, 0) is 0 Å². The van der Waals surface area contributed by atoms with Gasteiger partial charge in [0.05, 0.1) is 11.4 Å². The highest BCUT2D eigenvalue weighted by Gasteiger charge is 2.23. The van der Waals surface area contributed by atoms with Crippen LogP contribution < -0.4 is 4.90 Å². The summed E-state index contributed by atoms with van der Waals surface area (Å²) < 4.78 is 0. The lowest BCUT2D eigenvalue weighted by atomic mass is 9.87. The highest BCUT2D eigenvalue weighted by molar-refractivity contribution is 6.05. The number of fused-ring (bicyclic) bond motifs is 2. The molecule has 0 radical (unpaired) electrons. The molecule has 0 atom stereocenters. The van der Waals surface area contributed by atoms with E-state index in [2.05, 4.69) is 241 Å². The van der Waals surface area contributed by atoms with E-state index in [-0.39, 0.29) is 0 Å². The number of hydrogen-bond donors (Lipinski definition) is 0. The Labute approximate surface area is 334 Å². The average Bonchev–Trinajstić information content (AvgIpc) is 3.30. The second kappa shape index (κ2) is 15.0. The molecule has 1 nitrogen and oxygen atoms in total. The Hall–Kier alpha value is -7.48. The molecule has 0 spiro atoms. The molecule has 0 N–H and O–H groups in total.